The van der Waals surface area contributed by atoms with Gasteiger partial charge in [-0.2, -0.15) is 39.5 Å². The minimum Gasteiger partial charge on any atom is -0.322 e. The van der Waals surface area contributed by atoms with Crippen LogP contribution in [0.5, 0.6) is 0 Å². The molecule has 0 aliphatic rings. The van der Waals surface area contributed by atoms with Gasteiger partial charge in [-0.1, -0.05) is 0 Å². The van der Waals surface area contributed by atoms with Crippen LogP contribution in [0.4, 0.5) is 39.5 Å². The van der Waals surface area contributed by atoms with Gasteiger partial charge in [0, 0.05) is 22.4 Å². The molecule has 2 heterocycles. The third-order valence-corrected chi connectivity index (χ3v) is 3.68. The van der Waals surface area contributed by atoms with Gasteiger partial charge >= 0.3 is 18.5 Å². The van der Waals surface area contributed by atoms with Gasteiger partial charge in [-0.15, -0.1) is 0 Å². The van der Waals surface area contributed by atoms with Crippen molar-refractivity contribution in [3.8, 4) is 0 Å². The summed E-state index contributed by atoms with van der Waals surface area (Å²) in [6.07, 6.45) is -15.9. The molecule has 3 nitrogen and oxygen atoms in total. The van der Waals surface area contributed by atoms with Gasteiger partial charge in [-0.05, 0) is 18.2 Å². The minimum absolute atomic E-state index is 0.0413. The first kappa shape index (κ1) is 19.0. The fraction of sp³-hybridized carbons (Fsp3) is 0.200. The Bertz CT molecular complexity index is 1110. The monoisotopic (exact) mass is 400 g/mol. The minimum atomic E-state index is -5.41. The topological polar surface area (TPSA) is 45.8 Å². The number of alkyl halides is 9. The van der Waals surface area contributed by atoms with Crippen LogP contribution < -0.4 is 5.56 Å². The number of hydrogen-bond acceptors (Lipinski definition) is 2. The van der Waals surface area contributed by atoms with Crippen molar-refractivity contribution in [2.75, 3.05) is 0 Å². The highest BCUT2D eigenvalue weighted by Crippen LogP contribution is 2.43. The molecule has 1 N–H and O–H groups in total. The van der Waals surface area contributed by atoms with Crippen molar-refractivity contribution in [3.05, 3.63) is 51.4 Å². The Morgan fingerprint density at radius 3 is 1.81 bits per heavy atom. The number of fused-ring (bicyclic) bond motifs is 3. The molecule has 144 valence electrons. The van der Waals surface area contributed by atoms with E-state index in [-0.39, 0.29) is 12.1 Å². The van der Waals surface area contributed by atoms with E-state index in [1.165, 1.54) is 0 Å². The predicted octanol–water partition coefficient (Wildman–Crippen LogP) is 5.13. The molecule has 0 atom stereocenters. The first-order valence-electron chi connectivity index (χ1n) is 6.92. The number of hydrogen-bond donors (Lipinski definition) is 1. The van der Waals surface area contributed by atoms with Crippen molar-refractivity contribution >= 4 is 21.8 Å². The van der Waals surface area contributed by atoms with Crippen molar-refractivity contribution in [1.29, 1.82) is 0 Å². The standard InChI is InChI=1S/C15H5F9N2O/c16-13(17,18)5-3-9(15(22,23)24)25-7-1-2-8-12(11(5)7)6(14(19,20)21)4-10(27)26-8/h1-4H,(H,26,27). The summed E-state index contributed by atoms with van der Waals surface area (Å²) in [5, 5.41) is -2.27. The zero-order chi connectivity index (χ0) is 20.4. The maximum Gasteiger partial charge on any atom is 0.433 e. The molecule has 0 amide bonds. The molecule has 0 bridgehead atoms. The molecule has 1 aromatic carbocycles. The van der Waals surface area contributed by atoms with Gasteiger partial charge in [0.2, 0.25) is 5.56 Å². The molecule has 0 aliphatic carbocycles. The van der Waals surface area contributed by atoms with E-state index < -0.39 is 62.7 Å². The fourth-order valence-electron chi connectivity index (χ4n) is 2.68. The first-order valence-corrected chi connectivity index (χ1v) is 6.92. The third-order valence-electron chi connectivity index (χ3n) is 3.68. The summed E-state index contributed by atoms with van der Waals surface area (Å²) in [5.41, 5.74) is -8.35. The molecule has 0 fully saturated rings. The molecule has 0 radical (unpaired) electrons. The number of aromatic amines is 1. The van der Waals surface area contributed by atoms with Crippen molar-refractivity contribution in [2.45, 2.75) is 18.5 Å². The second-order valence-electron chi connectivity index (χ2n) is 5.48. The summed E-state index contributed by atoms with van der Waals surface area (Å²) in [7, 11) is 0. The van der Waals surface area contributed by atoms with Gasteiger partial charge in [0.1, 0.15) is 5.69 Å². The van der Waals surface area contributed by atoms with E-state index in [9.17, 15) is 44.3 Å². The largest absolute Gasteiger partial charge is 0.433 e. The number of halogens is 9. The number of pyridine rings is 2. The molecule has 3 aromatic rings. The van der Waals surface area contributed by atoms with Crippen molar-refractivity contribution in [1.82, 2.24) is 9.97 Å². The highest BCUT2D eigenvalue weighted by atomic mass is 19.4. The molecule has 0 saturated heterocycles. The Balaban J connectivity index is 2.64. The summed E-state index contributed by atoms with van der Waals surface area (Å²) < 4.78 is 119. The van der Waals surface area contributed by atoms with E-state index in [0.29, 0.717) is 6.07 Å². The van der Waals surface area contributed by atoms with Gasteiger partial charge in [-0.25, -0.2) is 4.98 Å². The van der Waals surface area contributed by atoms with Gasteiger partial charge in [0.05, 0.1) is 16.6 Å². The van der Waals surface area contributed by atoms with E-state index in [0.717, 1.165) is 6.07 Å². The highest BCUT2D eigenvalue weighted by Gasteiger charge is 2.41. The van der Waals surface area contributed by atoms with Crippen LogP contribution in [0.1, 0.15) is 16.8 Å². The van der Waals surface area contributed by atoms with Crippen LogP contribution in [0.15, 0.2) is 29.1 Å². The first-order chi connectivity index (χ1) is 12.2. The Morgan fingerprint density at radius 1 is 0.741 bits per heavy atom. The number of benzene rings is 1. The van der Waals surface area contributed by atoms with Gasteiger partial charge in [0.25, 0.3) is 0 Å². The summed E-state index contributed by atoms with van der Waals surface area (Å²) >= 11 is 0. The molecular weight excluding hydrogens is 395 g/mol. The lowest BCUT2D eigenvalue weighted by Crippen LogP contribution is -2.17. The maximum absolute atomic E-state index is 13.4. The Labute approximate surface area is 142 Å². The van der Waals surface area contributed by atoms with Crippen LogP contribution in [0, 0.1) is 0 Å². The Morgan fingerprint density at radius 2 is 1.30 bits per heavy atom. The average Bonchev–Trinajstić information content (AvgIpc) is 2.49. The van der Waals surface area contributed by atoms with Crippen LogP contribution in [-0.4, -0.2) is 9.97 Å². The summed E-state index contributed by atoms with van der Waals surface area (Å²) in [5.74, 6) is 0. The lowest BCUT2D eigenvalue weighted by molar-refractivity contribution is -0.145. The number of nitrogens with zero attached hydrogens (tertiary/aromatic N) is 1. The zero-order valence-corrected chi connectivity index (χ0v) is 12.6. The number of nitrogens with one attached hydrogen (secondary N) is 1. The molecule has 12 heteroatoms. The maximum atomic E-state index is 13.4. The van der Waals surface area contributed by atoms with Crippen LogP contribution in [-0.2, 0) is 18.5 Å². The van der Waals surface area contributed by atoms with E-state index in [2.05, 4.69) is 4.98 Å². The molecular formula is C15H5F9N2O. The van der Waals surface area contributed by atoms with Crippen molar-refractivity contribution in [3.63, 3.8) is 0 Å². The summed E-state index contributed by atoms with van der Waals surface area (Å²) in [4.78, 5) is 16.4. The smallest absolute Gasteiger partial charge is 0.322 e. The lowest BCUT2D eigenvalue weighted by atomic mass is 9.98. The van der Waals surface area contributed by atoms with Crippen LogP contribution in [0.2, 0.25) is 0 Å². The number of H-pyrrole nitrogens is 1. The summed E-state index contributed by atoms with van der Waals surface area (Å²) in [6.45, 7) is 0. The van der Waals surface area contributed by atoms with Gasteiger partial charge in [-0.3, -0.25) is 4.79 Å². The molecule has 2 aromatic heterocycles. The van der Waals surface area contributed by atoms with E-state index in [1.54, 1.807) is 0 Å². The van der Waals surface area contributed by atoms with Crippen LogP contribution >= 0.6 is 0 Å². The summed E-state index contributed by atoms with van der Waals surface area (Å²) in [6, 6.07) is 1.13. The second kappa shape index (κ2) is 5.60. The molecule has 0 spiro atoms. The third kappa shape index (κ3) is 3.30. The van der Waals surface area contributed by atoms with E-state index in [1.807, 2.05) is 4.98 Å². The Hall–Kier alpha value is -2.79. The van der Waals surface area contributed by atoms with Gasteiger partial charge in [0.15, 0.2) is 0 Å². The normalized spacial score (nSPS) is 13.5. The second-order valence-corrected chi connectivity index (χ2v) is 5.48. The number of aromatic nitrogens is 2. The van der Waals surface area contributed by atoms with E-state index in [4.69, 9.17) is 0 Å². The highest BCUT2D eigenvalue weighted by molar-refractivity contribution is 6.08. The SMILES string of the molecule is O=c1cc(C(F)(F)F)c2c(ccc3nc(C(F)(F)F)cc(C(F)(F)F)c32)[nH]1. The zero-order valence-electron chi connectivity index (χ0n) is 12.6. The van der Waals surface area contributed by atoms with Crippen LogP contribution in [0.25, 0.3) is 21.8 Å². The van der Waals surface area contributed by atoms with E-state index >= 15 is 0 Å². The predicted molar refractivity (Wildman–Crippen MR) is 74.9 cm³/mol. The van der Waals surface area contributed by atoms with Crippen molar-refractivity contribution in [2.24, 2.45) is 0 Å². The average molecular weight is 400 g/mol. The quantitative estimate of drug-likeness (QED) is 0.420. The fourth-order valence-corrected chi connectivity index (χ4v) is 2.68. The molecule has 0 saturated carbocycles. The molecule has 0 unspecified atom stereocenters. The Kier molecular flexibility index (Phi) is 3.94. The van der Waals surface area contributed by atoms with Crippen molar-refractivity contribution < 1.29 is 39.5 Å². The van der Waals surface area contributed by atoms with Crippen LogP contribution in [0.3, 0.4) is 0 Å². The number of rotatable bonds is 0. The molecule has 3 rings (SSSR count). The van der Waals surface area contributed by atoms with Gasteiger partial charge < -0.3 is 4.98 Å². The molecule has 27 heavy (non-hydrogen) atoms. The molecule has 0 aliphatic heterocycles. The lowest BCUT2D eigenvalue weighted by Gasteiger charge is -2.17.